The van der Waals surface area contributed by atoms with E-state index in [1.807, 2.05) is 50.0 Å². The van der Waals surface area contributed by atoms with Gasteiger partial charge in [0, 0.05) is 38.4 Å². The third kappa shape index (κ3) is 8.26. The van der Waals surface area contributed by atoms with E-state index in [4.69, 9.17) is 21.1 Å². The number of nitrogens with zero attached hydrogens (tertiary/aromatic N) is 5. The van der Waals surface area contributed by atoms with Gasteiger partial charge in [0.25, 0.3) is 0 Å². The van der Waals surface area contributed by atoms with Gasteiger partial charge in [-0.2, -0.15) is 0 Å². The number of hydrogen-bond acceptors (Lipinski definition) is 9. The molecule has 0 aliphatic carbocycles. The standard InChI is InChI=1S/C22H31ClN6O6/c1-22(2,3)35-21(31)25-28-12-10-26(11-13-28)16-4-6-18(7-5-16)34-15-17(30)8-9-27-14-19(29(32)33)24-20(27)23/h4-7,14,17,30H,8-13,15H2,1-3H3,(H,25,31). The summed E-state index contributed by atoms with van der Waals surface area (Å²) in [5.41, 5.74) is 3.27. The second kappa shape index (κ2) is 11.6. The molecule has 192 valence electrons. The van der Waals surface area contributed by atoms with Crippen molar-refractivity contribution in [2.45, 2.75) is 45.4 Å². The monoisotopic (exact) mass is 510 g/mol. The number of ether oxygens (including phenoxy) is 2. The molecule has 1 aliphatic rings. The van der Waals surface area contributed by atoms with Gasteiger partial charge in [0.05, 0.1) is 6.10 Å². The highest BCUT2D eigenvalue weighted by molar-refractivity contribution is 6.28. The highest BCUT2D eigenvalue weighted by Crippen LogP contribution is 2.21. The summed E-state index contributed by atoms with van der Waals surface area (Å²) in [6, 6.07) is 7.57. The van der Waals surface area contributed by atoms with Crippen LogP contribution in [0.2, 0.25) is 5.28 Å². The van der Waals surface area contributed by atoms with Gasteiger partial charge in [0.2, 0.25) is 0 Å². The maximum atomic E-state index is 11.9. The first kappa shape index (κ1) is 26.5. The van der Waals surface area contributed by atoms with Crippen molar-refractivity contribution in [2.24, 2.45) is 0 Å². The lowest BCUT2D eigenvalue weighted by atomic mass is 10.2. The molecule has 2 N–H and O–H groups in total. The van der Waals surface area contributed by atoms with E-state index >= 15 is 0 Å². The van der Waals surface area contributed by atoms with Gasteiger partial charge in [-0.05, 0) is 73.0 Å². The highest BCUT2D eigenvalue weighted by atomic mass is 35.5. The van der Waals surface area contributed by atoms with Crippen LogP contribution in [-0.2, 0) is 11.3 Å². The molecular formula is C22H31ClN6O6. The Morgan fingerprint density at radius 2 is 1.91 bits per heavy atom. The second-order valence-corrected chi connectivity index (χ2v) is 9.49. The highest BCUT2D eigenvalue weighted by Gasteiger charge is 2.22. The van der Waals surface area contributed by atoms with Crippen LogP contribution in [0.4, 0.5) is 16.3 Å². The van der Waals surface area contributed by atoms with E-state index in [1.165, 1.54) is 10.8 Å². The third-order valence-corrected chi connectivity index (χ3v) is 5.48. The Morgan fingerprint density at radius 3 is 2.49 bits per heavy atom. The van der Waals surface area contributed by atoms with Crippen LogP contribution >= 0.6 is 11.6 Å². The molecule has 0 spiro atoms. The molecule has 1 aromatic heterocycles. The third-order valence-electron chi connectivity index (χ3n) is 5.18. The van der Waals surface area contributed by atoms with Gasteiger partial charge in [0.1, 0.15) is 24.2 Å². The molecule has 3 rings (SSSR count). The Labute approximate surface area is 208 Å². The minimum atomic E-state index is -0.780. The van der Waals surface area contributed by atoms with Crippen LogP contribution in [0.15, 0.2) is 30.5 Å². The lowest BCUT2D eigenvalue weighted by Crippen LogP contribution is -2.54. The van der Waals surface area contributed by atoms with Gasteiger partial charge in [-0.15, -0.1) is 0 Å². The van der Waals surface area contributed by atoms with Crippen LogP contribution in [0, 0.1) is 10.1 Å². The average Bonchev–Trinajstić information content (AvgIpc) is 3.17. The number of hydrazine groups is 1. The zero-order valence-electron chi connectivity index (χ0n) is 20.0. The summed E-state index contributed by atoms with van der Waals surface area (Å²) in [6.45, 7) is 8.62. The van der Waals surface area contributed by atoms with Gasteiger partial charge in [-0.25, -0.2) is 9.80 Å². The largest absolute Gasteiger partial charge is 0.491 e. The first-order valence-electron chi connectivity index (χ1n) is 11.3. The number of nitro groups is 1. The molecule has 12 nitrogen and oxygen atoms in total. The minimum absolute atomic E-state index is 0.00172. The fourth-order valence-corrected chi connectivity index (χ4v) is 3.67. The lowest BCUT2D eigenvalue weighted by Gasteiger charge is -2.36. The predicted molar refractivity (Wildman–Crippen MR) is 130 cm³/mol. The smallest absolute Gasteiger partial charge is 0.422 e. The van der Waals surface area contributed by atoms with Crippen molar-refractivity contribution in [3.8, 4) is 5.75 Å². The number of aliphatic hydroxyl groups is 1. The molecule has 1 aliphatic heterocycles. The van der Waals surface area contributed by atoms with E-state index in [2.05, 4.69) is 15.3 Å². The number of aliphatic hydroxyl groups excluding tert-OH is 1. The van der Waals surface area contributed by atoms with Crippen LogP contribution in [0.25, 0.3) is 0 Å². The normalized spacial score (nSPS) is 15.5. The molecule has 1 aromatic carbocycles. The molecule has 2 heterocycles. The molecule has 1 unspecified atom stereocenters. The first-order valence-corrected chi connectivity index (χ1v) is 11.7. The molecule has 0 bridgehead atoms. The summed E-state index contributed by atoms with van der Waals surface area (Å²) in [4.78, 5) is 27.9. The van der Waals surface area contributed by atoms with Gasteiger partial charge in [-0.3, -0.25) is 9.99 Å². The zero-order chi connectivity index (χ0) is 25.6. The lowest BCUT2D eigenvalue weighted by molar-refractivity contribution is -0.389. The molecular weight excluding hydrogens is 480 g/mol. The number of imidazole rings is 1. The Bertz CT molecular complexity index is 1000. The molecule has 1 amide bonds. The fourth-order valence-electron chi connectivity index (χ4n) is 3.45. The molecule has 1 fully saturated rings. The molecule has 35 heavy (non-hydrogen) atoms. The van der Waals surface area contributed by atoms with Crippen LogP contribution in [0.5, 0.6) is 5.75 Å². The molecule has 13 heteroatoms. The van der Waals surface area contributed by atoms with Crippen molar-refractivity contribution in [3.05, 3.63) is 45.9 Å². The molecule has 2 aromatic rings. The number of halogens is 1. The Morgan fingerprint density at radius 1 is 1.26 bits per heavy atom. The maximum absolute atomic E-state index is 11.9. The SMILES string of the molecule is CC(C)(C)OC(=O)NN1CCN(c2ccc(OCC(O)CCn3cc([N+](=O)[O-])nc3Cl)cc2)CC1. The van der Waals surface area contributed by atoms with E-state index < -0.39 is 22.7 Å². The number of amides is 1. The van der Waals surface area contributed by atoms with E-state index in [0.717, 1.165) is 18.8 Å². The fraction of sp³-hybridized carbons (Fsp3) is 0.545. The second-order valence-electron chi connectivity index (χ2n) is 9.15. The van der Waals surface area contributed by atoms with Crippen molar-refractivity contribution in [2.75, 3.05) is 37.7 Å². The molecule has 1 atom stereocenters. The first-order chi connectivity index (χ1) is 16.5. The summed E-state index contributed by atoms with van der Waals surface area (Å²) in [5.74, 6) is 0.288. The predicted octanol–water partition coefficient (Wildman–Crippen LogP) is 2.84. The number of hydrogen-bond donors (Lipinski definition) is 2. The number of aromatic nitrogens is 2. The molecule has 0 saturated carbocycles. The van der Waals surface area contributed by atoms with Gasteiger partial charge in [0.15, 0.2) is 0 Å². The van der Waals surface area contributed by atoms with Crippen LogP contribution in [0.3, 0.4) is 0 Å². The zero-order valence-corrected chi connectivity index (χ0v) is 20.8. The minimum Gasteiger partial charge on any atom is -0.491 e. The Hall–Kier alpha value is -3.09. The van der Waals surface area contributed by atoms with Crippen molar-refractivity contribution in [3.63, 3.8) is 0 Å². The number of anilines is 1. The van der Waals surface area contributed by atoms with Crippen molar-refractivity contribution in [1.29, 1.82) is 0 Å². The van der Waals surface area contributed by atoms with Crippen molar-refractivity contribution >= 4 is 29.2 Å². The van der Waals surface area contributed by atoms with Crippen LogP contribution < -0.4 is 15.1 Å². The van der Waals surface area contributed by atoms with E-state index in [1.54, 1.807) is 0 Å². The number of aryl methyl sites for hydroxylation is 1. The Balaban J connectivity index is 1.39. The van der Waals surface area contributed by atoms with Gasteiger partial charge in [-0.1, -0.05) is 0 Å². The van der Waals surface area contributed by atoms with E-state index in [-0.39, 0.29) is 24.3 Å². The summed E-state index contributed by atoms with van der Waals surface area (Å²) in [6.07, 6.45) is 0.302. The van der Waals surface area contributed by atoms with Gasteiger partial charge >= 0.3 is 17.2 Å². The van der Waals surface area contributed by atoms with Gasteiger partial charge < -0.3 is 29.6 Å². The average molecular weight is 511 g/mol. The van der Waals surface area contributed by atoms with Crippen LogP contribution in [0.1, 0.15) is 27.2 Å². The summed E-state index contributed by atoms with van der Waals surface area (Å²) >= 11 is 5.88. The van der Waals surface area contributed by atoms with E-state index in [9.17, 15) is 20.0 Å². The number of nitrogens with one attached hydrogen (secondary N) is 1. The number of benzene rings is 1. The quantitative estimate of drug-likeness (QED) is 0.385. The maximum Gasteiger partial charge on any atom is 0.422 e. The topological polar surface area (TPSA) is 135 Å². The van der Waals surface area contributed by atoms with Crippen molar-refractivity contribution < 1.29 is 24.3 Å². The summed E-state index contributed by atoms with van der Waals surface area (Å²) in [5, 5.41) is 22.8. The number of carbonyl (C=O) groups excluding carboxylic acids is 1. The number of rotatable bonds is 9. The summed E-state index contributed by atoms with van der Waals surface area (Å²) < 4.78 is 12.4. The Kier molecular flexibility index (Phi) is 8.76. The molecule has 0 radical (unpaired) electrons. The summed E-state index contributed by atoms with van der Waals surface area (Å²) in [7, 11) is 0. The number of piperazine rings is 1. The van der Waals surface area contributed by atoms with Crippen molar-refractivity contribution in [1.82, 2.24) is 20.0 Å². The van der Waals surface area contributed by atoms with E-state index in [0.29, 0.717) is 25.3 Å². The number of carbonyl (C=O) groups is 1. The molecule has 1 saturated heterocycles. The van der Waals surface area contributed by atoms with Crippen LogP contribution in [-0.4, -0.2) is 75.2 Å².